The fourth-order valence-corrected chi connectivity index (χ4v) is 1.49. The number of rotatable bonds is 6. The van der Waals surface area contributed by atoms with Crippen molar-refractivity contribution in [2.24, 2.45) is 0 Å². The highest BCUT2D eigenvalue weighted by Gasteiger charge is 2.02. The third-order valence-electron chi connectivity index (χ3n) is 2.24. The van der Waals surface area contributed by atoms with Crippen molar-refractivity contribution < 1.29 is 14.3 Å². The van der Waals surface area contributed by atoms with Gasteiger partial charge in [-0.1, -0.05) is 6.92 Å². The molecule has 19 heavy (non-hydrogen) atoms. The van der Waals surface area contributed by atoms with Gasteiger partial charge in [-0.2, -0.15) is 0 Å². The molecule has 0 aliphatic carbocycles. The number of hydrogen-bond acceptors (Lipinski definition) is 4. The molecule has 6 heteroatoms. The lowest BCUT2D eigenvalue weighted by molar-refractivity contribution is -0.119. The van der Waals surface area contributed by atoms with Gasteiger partial charge in [-0.05, 0) is 36.5 Å². The first-order valence-electron chi connectivity index (χ1n) is 5.98. The zero-order chi connectivity index (χ0) is 14.1. The summed E-state index contributed by atoms with van der Waals surface area (Å²) < 4.78 is 10.3. The highest BCUT2D eigenvalue weighted by molar-refractivity contribution is 7.80. The molecule has 0 aromatic heterocycles. The number of amides is 1. The van der Waals surface area contributed by atoms with Crippen LogP contribution in [0.15, 0.2) is 24.3 Å². The zero-order valence-electron chi connectivity index (χ0n) is 11.1. The van der Waals surface area contributed by atoms with Crippen molar-refractivity contribution in [3.63, 3.8) is 0 Å². The molecule has 1 amide bonds. The molecule has 5 nitrogen and oxygen atoms in total. The van der Waals surface area contributed by atoms with E-state index in [2.05, 4.69) is 10.6 Å². The standard InChI is InChI=1S/C13H18N2O3S/c1-3-12(16)15-13(19)14-10-4-6-11(7-5-10)18-9-8-17-2/h4-7H,3,8-9H2,1-2H3,(H2,14,15,16,19). The predicted molar refractivity (Wildman–Crippen MR) is 78.5 cm³/mol. The molecule has 1 aromatic rings. The first-order chi connectivity index (χ1) is 9.15. The number of thiocarbonyl (C=S) groups is 1. The summed E-state index contributed by atoms with van der Waals surface area (Å²) in [6, 6.07) is 7.30. The van der Waals surface area contributed by atoms with Crippen molar-refractivity contribution in [1.29, 1.82) is 0 Å². The molecular formula is C13H18N2O3S. The molecule has 0 aliphatic rings. The number of hydrogen-bond donors (Lipinski definition) is 2. The Balaban J connectivity index is 2.43. The van der Waals surface area contributed by atoms with Crippen LogP contribution in [0.1, 0.15) is 13.3 Å². The molecule has 0 atom stereocenters. The van der Waals surface area contributed by atoms with Crippen molar-refractivity contribution in [2.75, 3.05) is 25.6 Å². The highest BCUT2D eigenvalue weighted by Crippen LogP contribution is 2.15. The Hall–Kier alpha value is -1.66. The summed E-state index contributed by atoms with van der Waals surface area (Å²) >= 11 is 5.01. The number of carbonyl (C=O) groups is 1. The van der Waals surface area contributed by atoms with Gasteiger partial charge in [0.05, 0.1) is 6.61 Å². The van der Waals surface area contributed by atoms with E-state index >= 15 is 0 Å². The van der Waals surface area contributed by atoms with E-state index in [1.807, 2.05) is 24.3 Å². The summed E-state index contributed by atoms with van der Waals surface area (Å²) in [6.07, 6.45) is 0.397. The maximum absolute atomic E-state index is 11.1. The summed E-state index contributed by atoms with van der Waals surface area (Å²) in [7, 11) is 1.63. The zero-order valence-corrected chi connectivity index (χ0v) is 11.9. The Kier molecular flexibility index (Phi) is 6.84. The van der Waals surface area contributed by atoms with Crippen LogP contribution in [0.25, 0.3) is 0 Å². The molecule has 2 N–H and O–H groups in total. The second-order valence-corrected chi connectivity index (χ2v) is 4.13. The van der Waals surface area contributed by atoms with Crippen molar-refractivity contribution in [1.82, 2.24) is 5.32 Å². The van der Waals surface area contributed by atoms with Crippen LogP contribution in [-0.4, -0.2) is 31.3 Å². The van der Waals surface area contributed by atoms with Gasteiger partial charge in [0, 0.05) is 19.2 Å². The molecule has 0 bridgehead atoms. The van der Waals surface area contributed by atoms with Gasteiger partial charge >= 0.3 is 0 Å². The Labute approximate surface area is 118 Å². The minimum absolute atomic E-state index is 0.114. The molecular weight excluding hydrogens is 264 g/mol. The van der Waals surface area contributed by atoms with Gasteiger partial charge in [0.1, 0.15) is 12.4 Å². The van der Waals surface area contributed by atoms with Crippen LogP contribution in [0, 0.1) is 0 Å². The smallest absolute Gasteiger partial charge is 0.225 e. The van der Waals surface area contributed by atoms with Crippen LogP contribution < -0.4 is 15.4 Å². The number of nitrogens with one attached hydrogen (secondary N) is 2. The normalized spacial score (nSPS) is 9.79. The summed E-state index contributed by atoms with van der Waals surface area (Å²) in [4.78, 5) is 11.1. The molecule has 1 aromatic carbocycles. The summed E-state index contributed by atoms with van der Waals surface area (Å²) in [5, 5.41) is 5.78. The van der Waals surface area contributed by atoms with Crippen LogP contribution in [0.2, 0.25) is 0 Å². The monoisotopic (exact) mass is 282 g/mol. The van der Waals surface area contributed by atoms with E-state index in [0.29, 0.717) is 24.7 Å². The van der Waals surface area contributed by atoms with Gasteiger partial charge in [-0.25, -0.2) is 0 Å². The van der Waals surface area contributed by atoms with E-state index < -0.39 is 0 Å². The van der Waals surface area contributed by atoms with Gasteiger partial charge in [0.25, 0.3) is 0 Å². The van der Waals surface area contributed by atoms with Crippen molar-refractivity contribution in [3.8, 4) is 5.75 Å². The number of carbonyl (C=O) groups excluding carboxylic acids is 1. The first kappa shape index (κ1) is 15.4. The van der Waals surface area contributed by atoms with E-state index in [1.54, 1.807) is 14.0 Å². The molecule has 0 unspecified atom stereocenters. The van der Waals surface area contributed by atoms with Crippen LogP contribution in [-0.2, 0) is 9.53 Å². The SMILES string of the molecule is CCC(=O)NC(=S)Nc1ccc(OCCOC)cc1. The minimum atomic E-state index is -0.114. The number of methoxy groups -OCH3 is 1. The number of anilines is 1. The average Bonchev–Trinajstić information content (AvgIpc) is 2.40. The van der Waals surface area contributed by atoms with E-state index in [0.717, 1.165) is 11.4 Å². The lowest BCUT2D eigenvalue weighted by atomic mass is 10.3. The largest absolute Gasteiger partial charge is 0.491 e. The molecule has 0 spiro atoms. The third-order valence-corrected chi connectivity index (χ3v) is 2.45. The minimum Gasteiger partial charge on any atom is -0.491 e. The maximum Gasteiger partial charge on any atom is 0.225 e. The van der Waals surface area contributed by atoms with E-state index in [1.165, 1.54) is 0 Å². The van der Waals surface area contributed by atoms with Gasteiger partial charge in [0.15, 0.2) is 5.11 Å². The fourth-order valence-electron chi connectivity index (χ4n) is 1.25. The van der Waals surface area contributed by atoms with Crippen LogP contribution in [0.5, 0.6) is 5.75 Å². The van der Waals surface area contributed by atoms with Gasteiger partial charge in [-0.15, -0.1) is 0 Å². The lowest BCUT2D eigenvalue weighted by Gasteiger charge is -2.10. The second-order valence-electron chi connectivity index (χ2n) is 3.72. The first-order valence-corrected chi connectivity index (χ1v) is 6.39. The third kappa shape index (κ3) is 6.17. The van der Waals surface area contributed by atoms with E-state index in [4.69, 9.17) is 21.7 Å². The predicted octanol–water partition coefficient (Wildman–Crippen LogP) is 1.93. The second kappa shape index (κ2) is 8.44. The summed E-state index contributed by atoms with van der Waals surface area (Å²) in [5.74, 6) is 0.642. The molecule has 104 valence electrons. The Morgan fingerprint density at radius 1 is 1.26 bits per heavy atom. The lowest BCUT2D eigenvalue weighted by Crippen LogP contribution is -2.33. The summed E-state index contributed by atoms with van der Waals surface area (Å²) in [6.45, 7) is 2.82. The molecule has 0 heterocycles. The van der Waals surface area contributed by atoms with Crippen LogP contribution in [0.4, 0.5) is 5.69 Å². The van der Waals surface area contributed by atoms with Gasteiger partial charge in [-0.3, -0.25) is 4.79 Å². The number of benzene rings is 1. The van der Waals surface area contributed by atoms with Crippen molar-refractivity contribution >= 4 is 28.9 Å². The van der Waals surface area contributed by atoms with Gasteiger partial charge < -0.3 is 20.1 Å². The molecule has 1 rings (SSSR count). The van der Waals surface area contributed by atoms with Gasteiger partial charge in [0.2, 0.25) is 5.91 Å². The topological polar surface area (TPSA) is 59.6 Å². The number of ether oxygens (including phenoxy) is 2. The van der Waals surface area contributed by atoms with Crippen molar-refractivity contribution in [2.45, 2.75) is 13.3 Å². The van der Waals surface area contributed by atoms with E-state index in [-0.39, 0.29) is 5.91 Å². The van der Waals surface area contributed by atoms with Crippen molar-refractivity contribution in [3.05, 3.63) is 24.3 Å². The average molecular weight is 282 g/mol. The Morgan fingerprint density at radius 3 is 2.53 bits per heavy atom. The summed E-state index contributed by atoms with van der Waals surface area (Å²) in [5.41, 5.74) is 0.792. The molecule has 0 saturated carbocycles. The van der Waals surface area contributed by atoms with Crippen LogP contribution in [0.3, 0.4) is 0 Å². The Morgan fingerprint density at radius 2 is 1.95 bits per heavy atom. The van der Waals surface area contributed by atoms with E-state index in [9.17, 15) is 4.79 Å². The Bertz CT molecular complexity index is 420. The quantitative estimate of drug-likeness (QED) is 0.617. The molecule has 0 fully saturated rings. The fraction of sp³-hybridized carbons (Fsp3) is 0.385. The maximum atomic E-state index is 11.1. The molecule has 0 aliphatic heterocycles. The molecule has 0 radical (unpaired) electrons. The molecule has 0 saturated heterocycles. The highest BCUT2D eigenvalue weighted by atomic mass is 32.1. The van der Waals surface area contributed by atoms with Crippen LogP contribution >= 0.6 is 12.2 Å².